The molecule has 0 aromatic carbocycles. The molecular formula is C39H73O8P. The van der Waals surface area contributed by atoms with Gasteiger partial charge in [0.1, 0.15) is 6.61 Å². The lowest BCUT2D eigenvalue weighted by Gasteiger charge is -2.19. The highest BCUT2D eigenvalue weighted by Crippen LogP contribution is 2.43. The summed E-state index contributed by atoms with van der Waals surface area (Å²) in [5.74, 6) is -0.805. The van der Waals surface area contributed by atoms with Gasteiger partial charge in [-0.1, -0.05) is 147 Å². The van der Waals surface area contributed by atoms with Gasteiger partial charge in [0.2, 0.25) is 0 Å². The number of unbranched alkanes of at least 4 members (excludes halogenated alkanes) is 20. The maximum absolute atomic E-state index is 12.5. The van der Waals surface area contributed by atoms with Gasteiger partial charge < -0.3 is 14.4 Å². The van der Waals surface area contributed by atoms with E-state index in [4.69, 9.17) is 18.5 Å². The van der Waals surface area contributed by atoms with Crippen molar-refractivity contribution in [3.05, 3.63) is 24.3 Å². The summed E-state index contributed by atoms with van der Waals surface area (Å²) in [5, 5.41) is 0. The number of esters is 2. The molecule has 0 aliphatic heterocycles. The fraction of sp³-hybridized carbons (Fsp3) is 0.846. The van der Waals surface area contributed by atoms with Gasteiger partial charge in [-0.3, -0.25) is 18.6 Å². The molecule has 0 fully saturated rings. The van der Waals surface area contributed by atoms with Gasteiger partial charge in [-0.05, 0) is 51.9 Å². The average Bonchev–Trinajstić information content (AvgIpc) is 3.06. The molecule has 0 aliphatic rings. The van der Waals surface area contributed by atoms with Crippen molar-refractivity contribution in [2.45, 2.75) is 194 Å². The van der Waals surface area contributed by atoms with Crippen LogP contribution < -0.4 is 0 Å². The SMILES string of the molecule is CCCCCC/C=C\C/C=C\CCCCCCCCCC(=O)OC(COC(=O)CCCCCCCCCCCC)COP(=O)(O)OCC. The highest BCUT2D eigenvalue weighted by Gasteiger charge is 2.25. The molecule has 0 aromatic heterocycles. The van der Waals surface area contributed by atoms with E-state index < -0.39 is 26.5 Å². The zero-order valence-corrected chi connectivity index (χ0v) is 32.0. The number of ether oxygens (including phenoxy) is 2. The van der Waals surface area contributed by atoms with Crippen LogP contribution in [-0.2, 0) is 32.7 Å². The Hall–Kier alpha value is -1.47. The molecule has 8 nitrogen and oxygen atoms in total. The van der Waals surface area contributed by atoms with Crippen molar-refractivity contribution < 1.29 is 37.6 Å². The van der Waals surface area contributed by atoms with E-state index in [1.807, 2.05) is 0 Å². The maximum atomic E-state index is 12.5. The second-order valence-corrected chi connectivity index (χ2v) is 14.4. The zero-order chi connectivity index (χ0) is 35.4. The van der Waals surface area contributed by atoms with E-state index in [9.17, 15) is 19.0 Å². The van der Waals surface area contributed by atoms with Crippen LogP contribution in [0.15, 0.2) is 24.3 Å². The molecule has 0 aliphatic carbocycles. The van der Waals surface area contributed by atoms with Crippen molar-refractivity contribution in [2.24, 2.45) is 0 Å². The standard InChI is InChI=1S/C39H73O8P/c1-4-7-9-11-13-15-17-18-19-20-21-22-23-24-26-28-30-32-34-39(41)47-37(36-46-48(42,43)45-6-3)35-44-38(40)33-31-29-27-25-16-14-12-10-8-5-2/h15,17,19-20,37H,4-14,16,18,21-36H2,1-3H3,(H,42,43)/b17-15-,20-19-. The molecule has 0 heterocycles. The molecule has 0 spiro atoms. The molecule has 1 N–H and O–H groups in total. The molecule has 48 heavy (non-hydrogen) atoms. The van der Waals surface area contributed by atoms with Gasteiger partial charge in [-0.2, -0.15) is 0 Å². The predicted octanol–water partition coefficient (Wildman–Crippen LogP) is 11.9. The minimum Gasteiger partial charge on any atom is -0.462 e. The second kappa shape index (κ2) is 35.4. The van der Waals surface area contributed by atoms with Gasteiger partial charge in [0.05, 0.1) is 13.2 Å². The second-order valence-electron chi connectivity index (χ2n) is 13.0. The lowest BCUT2D eigenvalue weighted by atomic mass is 10.1. The van der Waals surface area contributed by atoms with E-state index >= 15 is 0 Å². The fourth-order valence-electron chi connectivity index (χ4n) is 5.36. The Morgan fingerprint density at radius 3 is 1.50 bits per heavy atom. The predicted molar refractivity (Wildman–Crippen MR) is 198 cm³/mol. The largest absolute Gasteiger partial charge is 0.472 e. The Morgan fingerprint density at radius 2 is 1.00 bits per heavy atom. The topological polar surface area (TPSA) is 108 Å². The quantitative estimate of drug-likeness (QED) is 0.0298. The van der Waals surface area contributed by atoms with Crippen molar-refractivity contribution in [3.8, 4) is 0 Å². The van der Waals surface area contributed by atoms with Crippen molar-refractivity contribution in [1.82, 2.24) is 0 Å². The highest BCUT2D eigenvalue weighted by atomic mass is 31.2. The lowest BCUT2D eigenvalue weighted by molar-refractivity contribution is -0.161. The van der Waals surface area contributed by atoms with Gasteiger partial charge in [0.25, 0.3) is 0 Å². The molecule has 2 unspecified atom stereocenters. The summed E-state index contributed by atoms with van der Waals surface area (Å²) in [7, 11) is -4.27. The number of hydrogen-bond donors (Lipinski definition) is 1. The number of phosphoric acid groups is 1. The molecule has 9 heteroatoms. The molecule has 0 saturated carbocycles. The summed E-state index contributed by atoms with van der Waals surface area (Å²) in [5.41, 5.74) is 0. The minimum atomic E-state index is -4.27. The van der Waals surface area contributed by atoms with E-state index in [-0.39, 0.29) is 25.6 Å². The first-order valence-corrected chi connectivity index (χ1v) is 21.1. The van der Waals surface area contributed by atoms with E-state index in [1.54, 1.807) is 6.92 Å². The monoisotopic (exact) mass is 701 g/mol. The molecular weight excluding hydrogens is 627 g/mol. The first-order valence-electron chi connectivity index (χ1n) is 19.6. The van der Waals surface area contributed by atoms with Crippen molar-refractivity contribution in [1.29, 1.82) is 0 Å². The molecule has 282 valence electrons. The lowest BCUT2D eigenvalue weighted by Crippen LogP contribution is -2.29. The molecule has 0 rings (SSSR count). The van der Waals surface area contributed by atoms with E-state index in [1.165, 1.54) is 96.3 Å². The van der Waals surface area contributed by atoms with Gasteiger partial charge in [-0.15, -0.1) is 0 Å². The molecule has 0 saturated heterocycles. The summed E-state index contributed by atoms with van der Waals surface area (Å²) >= 11 is 0. The van der Waals surface area contributed by atoms with Crippen LogP contribution in [0.3, 0.4) is 0 Å². The number of hydrogen-bond acceptors (Lipinski definition) is 7. The van der Waals surface area contributed by atoms with Crippen LogP contribution in [0, 0.1) is 0 Å². The summed E-state index contributed by atoms with van der Waals surface area (Å²) in [6, 6.07) is 0. The first-order chi connectivity index (χ1) is 23.3. The van der Waals surface area contributed by atoms with Crippen LogP contribution in [0.2, 0.25) is 0 Å². The van der Waals surface area contributed by atoms with Crippen LogP contribution in [0.1, 0.15) is 188 Å². The summed E-state index contributed by atoms with van der Waals surface area (Å²) in [4.78, 5) is 34.6. The third-order valence-electron chi connectivity index (χ3n) is 8.26. The van der Waals surface area contributed by atoms with Crippen LogP contribution in [-0.4, -0.2) is 42.8 Å². The third kappa shape index (κ3) is 34.4. The van der Waals surface area contributed by atoms with Crippen LogP contribution in [0.25, 0.3) is 0 Å². The van der Waals surface area contributed by atoms with Crippen molar-refractivity contribution in [3.63, 3.8) is 0 Å². The third-order valence-corrected chi connectivity index (χ3v) is 9.32. The van der Waals surface area contributed by atoms with Gasteiger partial charge in [-0.25, -0.2) is 4.57 Å². The average molecular weight is 701 g/mol. The maximum Gasteiger partial charge on any atom is 0.472 e. The Bertz CT molecular complexity index is 844. The van der Waals surface area contributed by atoms with Crippen LogP contribution in [0.4, 0.5) is 0 Å². The first kappa shape index (κ1) is 46.5. The highest BCUT2D eigenvalue weighted by molar-refractivity contribution is 7.47. The van der Waals surface area contributed by atoms with E-state index in [0.717, 1.165) is 51.4 Å². The summed E-state index contributed by atoms with van der Waals surface area (Å²) < 4.78 is 32.5. The molecule has 0 amide bonds. The minimum absolute atomic E-state index is 0.000294. The molecule has 0 aromatic rings. The Morgan fingerprint density at radius 1 is 0.562 bits per heavy atom. The number of carbonyl (C=O) groups excluding carboxylic acids is 2. The summed E-state index contributed by atoms with van der Waals surface area (Å²) in [6.45, 7) is 5.43. The Labute approximate surface area is 294 Å². The van der Waals surface area contributed by atoms with Gasteiger partial charge in [0, 0.05) is 12.8 Å². The number of carbonyl (C=O) groups is 2. The van der Waals surface area contributed by atoms with Crippen molar-refractivity contribution >= 4 is 19.8 Å². The van der Waals surface area contributed by atoms with Gasteiger partial charge in [0.15, 0.2) is 6.10 Å². The molecule has 0 radical (unpaired) electrons. The number of phosphoric ester groups is 1. The van der Waals surface area contributed by atoms with Crippen molar-refractivity contribution in [2.75, 3.05) is 19.8 Å². The summed E-state index contributed by atoms with van der Waals surface area (Å²) in [6.07, 6.45) is 36.6. The molecule has 0 bridgehead atoms. The van der Waals surface area contributed by atoms with E-state index in [0.29, 0.717) is 12.8 Å². The van der Waals surface area contributed by atoms with E-state index in [2.05, 4.69) is 38.2 Å². The smallest absolute Gasteiger partial charge is 0.462 e. The number of rotatable bonds is 36. The number of allylic oxidation sites excluding steroid dienone is 4. The normalized spacial score (nSPS) is 13.7. The van der Waals surface area contributed by atoms with Crippen LogP contribution >= 0.6 is 7.82 Å². The fourth-order valence-corrected chi connectivity index (χ4v) is 6.12. The Balaban J connectivity index is 4.11. The zero-order valence-electron chi connectivity index (χ0n) is 31.1. The molecule has 2 atom stereocenters. The van der Waals surface area contributed by atoms with Crippen LogP contribution in [0.5, 0.6) is 0 Å². The van der Waals surface area contributed by atoms with Gasteiger partial charge >= 0.3 is 19.8 Å². The Kier molecular flexibility index (Phi) is 34.3.